The number of urea groups is 1. The maximum absolute atomic E-state index is 14.1. The van der Waals surface area contributed by atoms with E-state index < -0.39 is 74.2 Å². The molecule has 1 saturated heterocycles. The second-order valence-corrected chi connectivity index (χ2v) is 18.1. The quantitative estimate of drug-likeness (QED) is 0.185. The average molecular weight is 681 g/mol. The van der Waals surface area contributed by atoms with Crippen LogP contribution in [0.1, 0.15) is 119 Å². The van der Waals surface area contributed by atoms with Crippen molar-refractivity contribution in [3.05, 3.63) is 0 Å². The molecule has 13 nitrogen and oxygen atoms in total. The van der Waals surface area contributed by atoms with Crippen molar-refractivity contribution < 1.29 is 32.4 Å². The summed E-state index contributed by atoms with van der Waals surface area (Å²) in [6.07, 6.45) is 8.38. The van der Waals surface area contributed by atoms with Crippen molar-refractivity contribution in [2.24, 2.45) is 11.3 Å². The van der Waals surface area contributed by atoms with E-state index in [0.717, 1.165) is 44.9 Å². The number of nitrogens with one attached hydrogen (secondary N) is 5. The number of carbonyl (C=O) groups excluding carboxylic acids is 5. The molecule has 4 fully saturated rings. The zero-order valence-electron chi connectivity index (χ0n) is 29.0. The Bertz CT molecular complexity index is 1310. The smallest absolute Gasteiger partial charge is 0.315 e. The molecule has 4 rings (SSSR count). The highest BCUT2D eigenvalue weighted by Crippen LogP contribution is 2.34. The third-order valence-corrected chi connectivity index (χ3v) is 11.2. The Morgan fingerprint density at radius 1 is 0.851 bits per heavy atom. The van der Waals surface area contributed by atoms with Gasteiger partial charge in [-0.1, -0.05) is 52.9 Å². The molecule has 0 aromatic heterocycles. The van der Waals surface area contributed by atoms with Gasteiger partial charge in [-0.3, -0.25) is 19.2 Å². The summed E-state index contributed by atoms with van der Waals surface area (Å²) in [5, 5.41) is 11.3. The predicted octanol–water partition coefficient (Wildman–Crippen LogP) is 2.24. The number of hydrogen-bond donors (Lipinski definition) is 5. The average Bonchev–Trinajstić information content (AvgIpc) is 3.87. The summed E-state index contributed by atoms with van der Waals surface area (Å²) in [4.78, 5) is 68.4. The Hall–Kier alpha value is -2.74. The van der Waals surface area contributed by atoms with Crippen LogP contribution in [0.5, 0.6) is 0 Å². The molecule has 14 heteroatoms. The molecule has 3 atom stereocenters. The predicted molar refractivity (Wildman–Crippen MR) is 178 cm³/mol. The standard InChI is InChI=1S/C33H56N6O7S/c1-31(2,3)26(36-30(44)37-33(16-8-7-9-17-33)20-47(45,46)38-32(4,5)6)29(43)39-18-10-11-24(39)27(41)35-23(19-21-12-13-21)25(40)28(42)34-22-14-15-22/h21-24,26,38H,7-20H2,1-6H3,(H,34,42)(H,35,41)(H2,36,37,44)/t23?,24-,26+/m0/s1. The van der Waals surface area contributed by atoms with Crippen LogP contribution in [0.3, 0.4) is 0 Å². The number of ketones is 1. The number of rotatable bonds is 13. The van der Waals surface area contributed by atoms with Crippen molar-refractivity contribution >= 4 is 39.6 Å². The fourth-order valence-corrected chi connectivity index (χ4v) is 8.85. The Labute approximate surface area is 279 Å². The molecule has 5 amide bonds. The molecule has 0 radical (unpaired) electrons. The van der Waals surface area contributed by atoms with Gasteiger partial charge in [-0.05, 0) is 77.0 Å². The van der Waals surface area contributed by atoms with E-state index in [2.05, 4.69) is 26.0 Å². The summed E-state index contributed by atoms with van der Waals surface area (Å²) < 4.78 is 28.9. The van der Waals surface area contributed by atoms with Gasteiger partial charge in [0.05, 0.1) is 17.3 Å². The number of nitrogens with zero attached hydrogens (tertiary/aromatic N) is 1. The molecule has 0 spiro atoms. The van der Waals surface area contributed by atoms with Crippen molar-refractivity contribution in [1.82, 2.24) is 30.9 Å². The molecule has 0 aromatic carbocycles. The molecule has 47 heavy (non-hydrogen) atoms. The lowest BCUT2D eigenvalue weighted by Gasteiger charge is -2.40. The first kappa shape index (κ1) is 37.1. The first-order valence-corrected chi connectivity index (χ1v) is 19.0. The lowest BCUT2D eigenvalue weighted by Crippen LogP contribution is -2.63. The second kappa shape index (κ2) is 14.4. The van der Waals surface area contributed by atoms with Gasteiger partial charge in [0.1, 0.15) is 12.1 Å². The van der Waals surface area contributed by atoms with Gasteiger partial charge >= 0.3 is 6.03 Å². The minimum Gasteiger partial charge on any atom is -0.347 e. The number of carbonyl (C=O) groups is 5. The van der Waals surface area contributed by atoms with Crippen molar-refractivity contribution in [1.29, 1.82) is 0 Å². The molecule has 3 saturated carbocycles. The fourth-order valence-electron chi connectivity index (χ4n) is 6.75. The van der Waals surface area contributed by atoms with E-state index >= 15 is 0 Å². The monoisotopic (exact) mass is 680 g/mol. The highest BCUT2D eigenvalue weighted by Gasteiger charge is 2.45. The molecular weight excluding hydrogens is 624 g/mol. The van der Waals surface area contributed by atoms with E-state index in [1.165, 1.54) is 4.90 Å². The molecule has 1 heterocycles. The van der Waals surface area contributed by atoms with Crippen LogP contribution in [0.4, 0.5) is 4.79 Å². The molecule has 266 valence electrons. The molecule has 1 unspecified atom stereocenters. The Morgan fingerprint density at radius 2 is 1.49 bits per heavy atom. The highest BCUT2D eigenvalue weighted by molar-refractivity contribution is 7.89. The maximum Gasteiger partial charge on any atom is 0.315 e. The zero-order valence-corrected chi connectivity index (χ0v) is 29.8. The van der Waals surface area contributed by atoms with Crippen LogP contribution >= 0.6 is 0 Å². The zero-order chi connectivity index (χ0) is 34.8. The number of sulfonamides is 1. The van der Waals surface area contributed by atoms with Crippen LogP contribution in [-0.2, 0) is 29.2 Å². The Balaban J connectivity index is 1.45. The van der Waals surface area contributed by atoms with Gasteiger partial charge in [-0.15, -0.1) is 0 Å². The largest absolute Gasteiger partial charge is 0.347 e. The van der Waals surface area contributed by atoms with Crippen molar-refractivity contribution in [2.45, 2.75) is 154 Å². The van der Waals surface area contributed by atoms with Gasteiger partial charge in [-0.25, -0.2) is 17.9 Å². The molecule has 1 aliphatic heterocycles. The first-order valence-electron chi connectivity index (χ1n) is 17.3. The minimum absolute atomic E-state index is 0.0169. The van der Waals surface area contributed by atoms with E-state index in [9.17, 15) is 32.4 Å². The van der Waals surface area contributed by atoms with Crippen LogP contribution in [0.25, 0.3) is 0 Å². The van der Waals surface area contributed by atoms with E-state index in [0.29, 0.717) is 38.6 Å². The number of Topliss-reactive ketones (excluding diaryl/α,β-unsaturated/α-hetero) is 1. The fraction of sp³-hybridized carbons (Fsp3) is 0.848. The van der Waals surface area contributed by atoms with Gasteiger partial charge < -0.3 is 26.2 Å². The minimum atomic E-state index is -3.74. The SMILES string of the molecule is CC(C)(C)NS(=O)(=O)CC1(NC(=O)N[C@H](C(=O)N2CCC[C@H]2C(=O)NC(CC2CC2)C(=O)C(=O)NC2CC2)C(C)(C)C)CCCCC1. The third-order valence-electron chi connectivity index (χ3n) is 9.38. The molecule has 3 aliphatic carbocycles. The number of amides is 5. The summed E-state index contributed by atoms with van der Waals surface area (Å²) in [6, 6.07) is -3.44. The van der Waals surface area contributed by atoms with E-state index in [-0.39, 0.29) is 17.7 Å². The van der Waals surface area contributed by atoms with E-state index in [4.69, 9.17) is 0 Å². The van der Waals surface area contributed by atoms with Crippen molar-refractivity contribution in [2.75, 3.05) is 12.3 Å². The summed E-state index contributed by atoms with van der Waals surface area (Å²) in [5.41, 5.74) is -2.41. The summed E-state index contributed by atoms with van der Waals surface area (Å²) >= 11 is 0. The lowest BCUT2D eigenvalue weighted by molar-refractivity contribution is -0.144. The molecule has 0 bridgehead atoms. The first-order chi connectivity index (χ1) is 21.8. The Kier molecular flexibility index (Phi) is 11.4. The van der Waals surface area contributed by atoms with Gasteiger partial charge in [0.25, 0.3) is 5.91 Å². The molecule has 5 N–H and O–H groups in total. The lowest BCUT2D eigenvalue weighted by atomic mass is 9.83. The van der Waals surface area contributed by atoms with Gasteiger partial charge in [0.15, 0.2) is 0 Å². The summed E-state index contributed by atoms with van der Waals surface area (Å²) in [6.45, 7) is 11.0. The molecule has 4 aliphatic rings. The van der Waals surface area contributed by atoms with Crippen molar-refractivity contribution in [3.63, 3.8) is 0 Å². The summed E-state index contributed by atoms with van der Waals surface area (Å²) in [5.74, 6) is -2.25. The van der Waals surface area contributed by atoms with E-state index in [1.807, 2.05) is 20.8 Å². The number of hydrogen-bond acceptors (Lipinski definition) is 7. The number of likely N-dealkylation sites (tertiary alicyclic amines) is 1. The van der Waals surface area contributed by atoms with Crippen molar-refractivity contribution in [3.8, 4) is 0 Å². The van der Waals surface area contributed by atoms with Gasteiger partial charge in [0.2, 0.25) is 27.6 Å². The van der Waals surface area contributed by atoms with Crippen LogP contribution in [-0.4, -0.2) is 90.4 Å². The van der Waals surface area contributed by atoms with E-state index in [1.54, 1.807) is 20.8 Å². The van der Waals surface area contributed by atoms with Crippen LogP contribution in [0.15, 0.2) is 0 Å². The molecular formula is C33H56N6O7S. The Morgan fingerprint density at radius 3 is 2.04 bits per heavy atom. The normalized spacial score (nSPS) is 22.9. The topological polar surface area (TPSA) is 183 Å². The van der Waals surface area contributed by atoms with Gasteiger partial charge in [0, 0.05) is 18.1 Å². The second-order valence-electron chi connectivity index (χ2n) is 16.4. The van der Waals surface area contributed by atoms with Crippen LogP contribution < -0.4 is 26.0 Å². The van der Waals surface area contributed by atoms with Crippen LogP contribution in [0.2, 0.25) is 0 Å². The highest BCUT2D eigenvalue weighted by atomic mass is 32.2. The van der Waals surface area contributed by atoms with Crippen LogP contribution in [0, 0.1) is 11.3 Å². The third kappa shape index (κ3) is 10.9. The maximum atomic E-state index is 14.1. The van der Waals surface area contributed by atoms with Gasteiger partial charge in [-0.2, -0.15) is 0 Å². The summed E-state index contributed by atoms with van der Waals surface area (Å²) in [7, 11) is -3.74. The molecule has 0 aromatic rings.